The lowest BCUT2D eigenvalue weighted by molar-refractivity contribution is -0.124. The van der Waals surface area contributed by atoms with Crippen LogP contribution in [0.3, 0.4) is 0 Å². The molecule has 0 aliphatic carbocycles. The van der Waals surface area contributed by atoms with E-state index in [2.05, 4.69) is 10.6 Å². The van der Waals surface area contributed by atoms with E-state index in [1.807, 2.05) is 39.0 Å². The highest BCUT2D eigenvalue weighted by atomic mass is 16.5. The molecule has 0 spiro atoms. The fraction of sp³-hybridized carbons (Fsp3) is 0.556. The van der Waals surface area contributed by atoms with Gasteiger partial charge in [0.2, 0.25) is 5.91 Å². The van der Waals surface area contributed by atoms with Crippen molar-refractivity contribution in [3.05, 3.63) is 35.4 Å². The van der Waals surface area contributed by atoms with Gasteiger partial charge in [0.1, 0.15) is 6.04 Å². The van der Waals surface area contributed by atoms with Gasteiger partial charge in [0.05, 0.1) is 6.10 Å². The van der Waals surface area contributed by atoms with Crippen LogP contribution in [0.4, 0.5) is 0 Å². The number of aryl methyl sites for hydroxylation is 1. The van der Waals surface area contributed by atoms with Gasteiger partial charge in [-0.15, -0.1) is 0 Å². The van der Waals surface area contributed by atoms with Crippen LogP contribution in [0.15, 0.2) is 24.3 Å². The summed E-state index contributed by atoms with van der Waals surface area (Å²) in [7, 11) is 0. The first-order valence-corrected chi connectivity index (χ1v) is 8.25. The average molecular weight is 318 g/mol. The zero-order chi connectivity index (χ0) is 16.8. The summed E-state index contributed by atoms with van der Waals surface area (Å²) in [5.41, 5.74) is 1.50. The van der Waals surface area contributed by atoms with Crippen molar-refractivity contribution in [1.82, 2.24) is 10.6 Å². The van der Waals surface area contributed by atoms with Crippen molar-refractivity contribution < 1.29 is 14.3 Å². The lowest BCUT2D eigenvalue weighted by Gasteiger charge is -2.23. The number of benzene rings is 1. The summed E-state index contributed by atoms with van der Waals surface area (Å²) >= 11 is 0. The number of carbonyl (C=O) groups excluding carboxylic acids is 2. The van der Waals surface area contributed by atoms with Crippen LogP contribution in [0.2, 0.25) is 0 Å². The third kappa shape index (κ3) is 4.79. The van der Waals surface area contributed by atoms with Crippen molar-refractivity contribution >= 4 is 11.8 Å². The molecule has 5 heteroatoms. The molecule has 1 aliphatic heterocycles. The van der Waals surface area contributed by atoms with Crippen molar-refractivity contribution in [3.63, 3.8) is 0 Å². The Bertz CT molecular complexity index is 551. The molecular formula is C18H26N2O3. The average Bonchev–Trinajstić information content (AvgIpc) is 3.03. The number of hydrogen-bond acceptors (Lipinski definition) is 3. The molecule has 1 saturated heterocycles. The molecule has 0 bridgehead atoms. The minimum atomic E-state index is -0.552. The molecule has 0 radical (unpaired) electrons. The molecule has 1 fully saturated rings. The Labute approximate surface area is 137 Å². The Morgan fingerprint density at radius 3 is 2.65 bits per heavy atom. The van der Waals surface area contributed by atoms with Crippen LogP contribution >= 0.6 is 0 Å². The molecule has 5 nitrogen and oxygen atoms in total. The lowest BCUT2D eigenvalue weighted by Crippen LogP contribution is -2.51. The molecule has 23 heavy (non-hydrogen) atoms. The molecule has 1 aromatic carbocycles. The van der Waals surface area contributed by atoms with Gasteiger partial charge in [-0.3, -0.25) is 9.59 Å². The zero-order valence-electron chi connectivity index (χ0n) is 14.1. The second-order valence-electron chi connectivity index (χ2n) is 6.39. The van der Waals surface area contributed by atoms with E-state index < -0.39 is 6.04 Å². The van der Waals surface area contributed by atoms with E-state index in [4.69, 9.17) is 4.74 Å². The normalized spacial score (nSPS) is 18.7. The minimum Gasteiger partial charge on any atom is -0.376 e. The van der Waals surface area contributed by atoms with Crippen LogP contribution in [0, 0.1) is 12.8 Å². The summed E-state index contributed by atoms with van der Waals surface area (Å²) in [4.78, 5) is 24.8. The van der Waals surface area contributed by atoms with Crippen LogP contribution in [0.5, 0.6) is 0 Å². The largest absolute Gasteiger partial charge is 0.376 e. The van der Waals surface area contributed by atoms with Crippen molar-refractivity contribution in [1.29, 1.82) is 0 Å². The predicted octanol–water partition coefficient (Wildman–Crippen LogP) is 2.04. The Morgan fingerprint density at radius 2 is 2.04 bits per heavy atom. The molecule has 0 saturated carbocycles. The highest BCUT2D eigenvalue weighted by molar-refractivity contribution is 5.98. The molecule has 0 aromatic heterocycles. The summed E-state index contributed by atoms with van der Waals surface area (Å²) in [6.45, 7) is 7.00. The number of hydrogen-bond donors (Lipinski definition) is 2. The maximum absolute atomic E-state index is 12.4. The van der Waals surface area contributed by atoms with Gasteiger partial charge < -0.3 is 15.4 Å². The number of rotatable bonds is 6. The highest BCUT2D eigenvalue weighted by Crippen LogP contribution is 2.12. The SMILES string of the molecule is Cc1ccccc1C(=O)N[C@H](C(=O)NC[C@H]1CCCO1)C(C)C. The van der Waals surface area contributed by atoms with Gasteiger partial charge in [-0.05, 0) is 37.3 Å². The molecule has 0 unspecified atom stereocenters. The predicted molar refractivity (Wildman–Crippen MR) is 89.3 cm³/mol. The second-order valence-corrected chi connectivity index (χ2v) is 6.39. The van der Waals surface area contributed by atoms with Crippen LogP contribution in [-0.4, -0.2) is 37.1 Å². The Hall–Kier alpha value is -1.88. The van der Waals surface area contributed by atoms with Gasteiger partial charge in [-0.1, -0.05) is 32.0 Å². The van der Waals surface area contributed by atoms with Crippen LogP contribution in [0.25, 0.3) is 0 Å². The van der Waals surface area contributed by atoms with E-state index in [0.717, 1.165) is 25.0 Å². The monoisotopic (exact) mass is 318 g/mol. The zero-order valence-corrected chi connectivity index (χ0v) is 14.1. The minimum absolute atomic E-state index is 0.00691. The molecule has 1 aliphatic rings. The lowest BCUT2D eigenvalue weighted by atomic mass is 10.0. The third-order valence-electron chi connectivity index (χ3n) is 4.15. The maximum Gasteiger partial charge on any atom is 0.252 e. The van der Waals surface area contributed by atoms with E-state index in [-0.39, 0.29) is 23.8 Å². The quantitative estimate of drug-likeness (QED) is 0.843. The smallest absolute Gasteiger partial charge is 0.252 e. The first-order valence-electron chi connectivity index (χ1n) is 8.25. The molecule has 1 aromatic rings. The van der Waals surface area contributed by atoms with E-state index in [0.29, 0.717) is 12.1 Å². The summed E-state index contributed by atoms with van der Waals surface area (Å²) in [6.07, 6.45) is 2.11. The first kappa shape index (κ1) is 17.5. The Morgan fingerprint density at radius 1 is 1.30 bits per heavy atom. The van der Waals surface area contributed by atoms with E-state index >= 15 is 0 Å². The fourth-order valence-corrected chi connectivity index (χ4v) is 2.71. The number of nitrogens with one attached hydrogen (secondary N) is 2. The van der Waals surface area contributed by atoms with Gasteiger partial charge in [-0.2, -0.15) is 0 Å². The summed E-state index contributed by atoms with van der Waals surface area (Å²) in [5.74, 6) is -0.362. The topological polar surface area (TPSA) is 67.4 Å². The van der Waals surface area contributed by atoms with Gasteiger partial charge in [0.15, 0.2) is 0 Å². The number of amides is 2. The van der Waals surface area contributed by atoms with Crippen LogP contribution in [0.1, 0.15) is 42.6 Å². The fourth-order valence-electron chi connectivity index (χ4n) is 2.71. The molecule has 2 atom stereocenters. The van der Waals surface area contributed by atoms with Gasteiger partial charge >= 0.3 is 0 Å². The first-order chi connectivity index (χ1) is 11.0. The maximum atomic E-state index is 12.4. The van der Waals surface area contributed by atoms with Crippen molar-refractivity contribution in [2.75, 3.05) is 13.2 Å². The molecule has 126 valence electrons. The summed E-state index contributed by atoms with van der Waals surface area (Å²) in [6, 6.07) is 6.82. The number of carbonyl (C=O) groups is 2. The second kappa shape index (κ2) is 8.11. The van der Waals surface area contributed by atoms with Gasteiger partial charge in [0.25, 0.3) is 5.91 Å². The van der Waals surface area contributed by atoms with Gasteiger partial charge in [0, 0.05) is 18.7 Å². The third-order valence-corrected chi connectivity index (χ3v) is 4.15. The number of ether oxygens (including phenoxy) is 1. The van der Waals surface area contributed by atoms with Crippen molar-refractivity contribution in [2.24, 2.45) is 5.92 Å². The Kier molecular flexibility index (Phi) is 6.16. The van der Waals surface area contributed by atoms with Crippen molar-refractivity contribution in [3.8, 4) is 0 Å². The standard InChI is InChI=1S/C18H26N2O3/c1-12(2)16(18(22)19-11-14-8-6-10-23-14)20-17(21)15-9-5-4-7-13(15)3/h4-5,7,9,12,14,16H,6,8,10-11H2,1-3H3,(H,19,22)(H,20,21)/t14-,16+/m1/s1. The molecular weight excluding hydrogens is 292 g/mol. The Balaban J connectivity index is 1.96. The van der Waals surface area contributed by atoms with E-state index in [9.17, 15) is 9.59 Å². The van der Waals surface area contributed by atoms with Crippen molar-refractivity contribution in [2.45, 2.75) is 45.8 Å². The van der Waals surface area contributed by atoms with Crippen LogP contribution in [-0.2, 0) is 9.53 Å². The van der Waals surface area contributed by atoms with E-state index in [1.165, 1.54) is 0 Å². The molecule has 2 rings (SSSR count). The molecule has 2 amide bonds. The molecule has 1 heterocycles. The summed E-state index contributed by atoms with van der Waals surface area (Å²) in [5, 5.41) is 5.76. The highest BCUT2D eigenvalue weighted by Gasteiger charge is 2.26. The summed E-state index contributed by atoms with van der Waals surface area (Å²) < 4.78 is 5.51. The van der Waals surface area contributed by atoms with Gasteiger partial charge in [-0.25, -0.2) is 0 Å². The van der Waals surface area contributed by atoms with E-state index in [1.54, 1.807) is 6.07 Å². The van der Waals surface area contributed by atoms with Crippen LogP contribution < -0.4 is 10.6 Å². The molecule has 2 N–H and O–H groups in total.